The Balaban J connectivity index is 2.58. The van der Waals surface area contributed by atoms with Crippen LogP contribution in [0.5, 0.6) is 0 Å². The van der Waals surface area contributed by atoms with Crippen molar-refractivity contribution in [3.05, 3.63) is 34.9 Å². The summed E-state index contributed by atoms with van der Waals surface area (Å²) in [5.74, 6) is -2.31. The van der Waals surface area contributed by atoms with Gasteiger partial charge in [-0.15, -0.1) is 0 Å². The maximum atomic E-state index is 13.4. The predicted octanol–water partition coefficient (Wildman–Crippen LogP) is 2.95. The molecule has 0 aromatic heterocycles. The third kappa shape index (κ3) is 4.07. The van der Waals surface area contributed by atoms with Gasteiger partial charge >= 0.3 is 5.97 Å². The van der Waals surface area contributed by atoms with E-state index in [1.165, 1.54) is 13.0 Å². The Hall–Kier alpha value is -1.49. The number of hydrogen-bond donors (Lipinski definition) is 2. The smallest absolute Gasteiger partial charge is 0.303 e. The molecule has 0 bridgehead atoms. The summed E-state index contributed by atoms with van der Waals surface area (Å²) in [5, 5.41) is 18.2. The van der Waals surface area contributed by atoms with Crippen LogP contribution in [0, 0.1) is 18.6 Å². The van der Waals surface area contributed by atoms with Crippen LogP contribution in [-0.2, 0) is 4.79 Å². The van der Waals surface area contributed by atoms with Crippen LogP contribution in [0.3, 0.4) is 0 Å². The highest BCUT2D eigenvalue weighted by Gasteiger charge is 2.15. The zero-order valence-electron chi connectivity index (χ0n) is 10.1. The quantitative estimate of drug-likeness (QED) is 0.771. The van der Waals surface area contributed by atoms with E-state index in [9.17, 15) is 18.7 Å². The summed E-state index contributed by atoms with van der Waals surface area (Å²) in [6, 6.07) is 2.04. The lowest BCUT2D eigenvalue weighted by atomic mass is 10.0. The highest BCUT2D eigenvalue weighted by Crippen LogP contribution is 2.24. The average Bonchev–Trinajstić information content (AvgIpc) is 2.28. The molecule has 0 radical (unpaired) electrons. The van der Waals surface area contributed by atoms with E-state index in [1.54, 1.807) is 0 Å². The minimum atomic E-state index is -1.03. The SMILES string of the molecule is Cc1cc(C(O)CCCCC(=O)O)c(F)cc1F. The van der Waals surface area contributed by atoms with E-state index >= 15 is 0 Å². The first-order valence-electron chi connectivity index (χ1n) is 5.77. The molecule has 0 aliphatic carbocycles. The van der Waals surface area contributed by atoms with Gasteiger partial charge in [0.25, 0.3) is 0 Å². The summed E-state index contributed by atoms with van der Waals surface area (Å²) in [6.45, 7) is 1.50. The number of rotatable bonds is 6. The van der Waals surface area contributed by atoms with Crippen molar-refractivity contribution in [3.8, 4) is 0 Å². The monoisotopic (exact) mass is 258 g/mol. The highest BCUT2D eigenvalue weighted by molar-refractivity contribution is 5.66. The standard InChI is InChI=1S/C13H16F2O3/c1-8-6-9(11(15)7-10(8)14)12(16)4-2-3-5-13(17)18/h6-7,12,16H,2-5H2,1H3,(H,17,18). The summed E-state index contributed by atoms with van der Waals surface area (Å²) in [6.07, 6.45) is 0.155. The molecule has 0 amide bonds. The van der Waals surface area contributed by atoms with E-state index in [2.05, 4.69) is 0 Å². The van der Waals surface area contributed by atoms with E-state index in [-0.39, 0.29) is 24.0 Å². The Morgan fingerprint density at radius 3 is 2.56 bits per heavy atom. The van der Waals surface area contributed by atoms with Gasteiger partial charge in [-0.1, -0.05) is 0 Å². The molecule has 2 N–H and O–H groups in total. The van der Waals surface area contributed by atoms with Crippen LogP contribution in [0.2, 0.25) is 0 Å². The van der Waals surface area contributed by atoms with E-state index in [0.29, 0.717) is 12.8 Å². The van der Waals surface area contributed by atoms with Gasteiger partial charge < -0.3 is 10.2 Å². The van der Waals surface area contributed by atoms with Gasteiger partial charge in [0.2, 0.25) is 0 Å². The number of carboxylic acids is 1. The lowest BCUT2D eigenvalue weighted by Crippen LogP contribution is -2.03. The van der Waals surface area contributed by atoms with Gasteiger partial charge in [-0.2, -0.15) is 0 Å². The summed E-state index contributed by atoms with van der Waals surface area (Å²) in [4.78, 5) is 10.3. The van der Waals surface area contributed by atoms with Crippen molar-refractivity contribution < 1.29 is 23.8 Å². The van der Waals surface area contributed by atoms with Crippen molar-refractivity contribution in [1.82, 2.24) is 0 Å². The topological polar surface area (TPSA) is 57.5 Å². The van der Waals surface area contributed by atoms with Crippen LogP contribution in [0.15, 0.2) is 12.1 Å². The molecule has 1 unspecified atom stereocenters. The van der Waals surface area contributed by atoms with Gasteiger partial charge in [0.1, 0.15) is 11.6 Å². The lowest BCUT2D eigenvalue weighted by Gasteiger charge is -2.12. The predicted molar refractivity (Wildman–Crippen MR) is 62.2 cm³/mol. The van der Waals surface area contributed by atoms with Crippen LogP contribution < -0.4 is 0 Å². The Labute approximate surface area is 104 Å². The van der Waals surface area contributed by atoms with Crippen LogP contribution >= 0.6 is 0 Å². The first-order valence-corrected chi connectivity index (χ1v) is 5.77. The molecule has 1 aromatic carbocycles. The third-order valence-corrected chi connectivity index (χ3v) is 2.76. The average molecular weight is 258 g/mol. The van der Waals surface area contributed by atoms with Crippen molar-refractivity contribution in [2.75, 3.05) is 0 Å². The van der Waals surface area contributed by atoms with Crippen molar-refractivity contribution in [1.29, 1.82) is 0 Å². The number of aliphatic carboxylic acids is 1. The molecule has 5 heteroatoms. The minimum Gasteiger partial charge on any atom is -0.481 e. The molecular formula is C13H16F2O3. The maximum absolute atomic E-state index is 13.4. The van der Waals surface area contributed by atoms with Gasteiger partial charge in [0.05, 0.1) is 6.10 Å². The van der Waals surface area contributed by atoms with E-state index in [4.69, 9.17) is 5.11 Å². The molecular weight excluding hydrogens is 242 g/mol. The summed E-state index contributed by atoms with van der Waals surface area (Å²) in [7, 11) is 0. The maximum Gasteiger partial charge on any atom is 0.303 e. The van der Waals surface area contributed by atoms with Gasteiger partial charge in [-0.3, -0.25) is 4.79 Å². The minimum absolute atomic E-state index is 0.0254. The molecule has 0 heterocycles. The summed E-state index contributed by atoms with van der Waals surface area (Å²) in [5.41, 5.74) is 0.334. The molecule has 1 aromatic rings. The highest BCUT2D eigenvalue weighted by atomic mass is 19.1. The van der Waals surface area contributed by atoms with Crippen molar-refractivity contribution in [2.24, 2.45) is 0 Å². The second-order valence-electron chi connectivity index (χ2n) is 4.28. The second-order valence-corrected chi connectivity index (χ2v) is 4.28. The van der Waals surface area contributed by atoms with Crippen molar-refractivity contribution in [2.45, 2.75) is 38.7 Å². The number of aryl methyl sites for hydroxylation is 1. The number of hydrogen-bond acceptors (Lipinski definition) is 2. The number of carbonyl (C=O) groups is 1. The molecule has 0 saturated heterocycles. The van der Waals surface area contributed by atoms with Gasteiger partial charge in [-0.25, -0.2) is 8.78 Å². The molecule has 18 heavy (non-hydrogen) atoms. The van der Waals surface area contributed by atoms with Gasteiger partial charge in [0.15, 0.2) is 0 Å². The zero-order valence-corrected chi connectivity index (χ0v) is 10.1. The molecule has 3 nitrogen and oxygen atoms in total. The van der Waals surface area contributed by atoms with E-state index in [0.717, 1.165) is 6.07 Å². The molecule has 0 fully saturated rings. The van der Waals surface area contributed by atoms with Crippen molar-refractivity contribution in [3.63, 3.8) is 0 Å². The van der Waals surface area contributed by atoms with E-state index in [1.807, 2.05) is 0 Å². The molecule has 1 atom stereocenters. The molecule has 100 valence electrons. The third-order valence-electron chi connectivity index (χ3n) is 2.76. The van der Waals surface area contributed by atoms with E-state index < -0.39 is 23.7 Å². The first kappa shape index (κ1) is 14.6. The first-order chi connectivity index (χ1) is 8.41. The normalized spacial score (nSPS) is 12.4. The lowest BCUT2D eigenvalue weighted by molar-refractivity contribution is -0.137. The van der Waals surface area contributed by atoms with Crippen LogP contribution in [0.25, 0.3) is 0 Å². The van der Waals surface area contributed by atoms with Crippen LogP contribution in [0.4, 0.5) is 8.78 Å². The Morgan fingerprint density at radius 1 is 1.28 bits per heavy atom. The van der Waals surface area contributed by atoms with Gasteiger partial charge in [0, 0.05) is 18.1 Å². The molecule has 0 aliphatic rings. The summed E-state index contributed by atoms with van der Waals surface area (Å²) < 4.78 is 26.5. The fourth-order valence-corrected chi connectivity index (χ4v) is 1.70. The molecule has 0 saturated carbocycles. The fourth-order valence-electron chi connectivity index (χ4n) is 1.70. The molecule has 1 rings (SSSR count). The Bertz CT molecular complexity index is 432. The number of aliphatic hydroxyl groups excluding tert-OH is 1. The largest absolute Gasteiger partial charge is 0.481 e. The second kappa shape index (κ2) is 6.44. The number of benzene rings is 1. The van der Waals surface area contributed by atoms with Gasteiger partial charge in [-0.05, 0) is 37.8 Å². The number of carboxylic acid groups (broad SMARTS) is 1. The van der Waals surface area contributed by atoms with Crippen molar-refractivity contribution >= 4 is 5.97 Å². The molecule has 0 aliphatic heterocycles. The number of unbranched alkanes of at least 4 members (excludes halogenated alkanes) is 1. The zero-order chi connectivity index (χ0) is 13.7. The Kier molecular flexibility index (Phi) is 5.22. The Morgan fingerprint density at radius 2 is 1.94 bits per heavy atom. The molecule has 0 spiro atoms. The van der Waals surface area contributed by atoms with Crippen LogP contribution in [-0.4, -0.2) is 16.2 Å². The fraction of sp³-hybridized carbons (Fsp3) is 0.462. The summed E-state index contributed by atoms with van der Waals surface area (Å²) >= 11 is 0. The van der Waals surface area contributed by atoms with Crippen LogP contribution in [0.1, 0.15) is 42.9 Å². The number of aliphatic hydroxyl groups is 1. The number of halogens is 2.